The molecule has 1 N–H and O–H groups in total. The first-order chi connectivity index (χ1) is 15.2. The SMILES string of the molecule is O=Cc1cnc2oc3c(N4CCOCC4)nc(-c4c(F)ccc5[nH]ccc45)nc3c2c1. The molecular weight excluding hydrogens is 401 g/mol. The minimum absolute atomic E-state index is 0.246. The van der Waals surface area contributed by atoms with E-state index in [0.717, 1.165) is 11.8 Å². The van der Waals surface area contributed by atoms with E-state index in [9.17, 15) is 4.79 Å². The number of aromatic amines is 1. The first kappa shape index (κ1) is 18.0. The summed E-state index contributed by atoms with van der Waals surface area (Å²) < 4.78 is 26.5. The Labute approximate surface area is 174 Å². The maximum Gasteiger partial charge on any atom is 0.229 e. The summed E-state index contributed by atoms with van der Waals surface area (Å²) in [5.74, 6) is 0.385. The lowest BCUT2D eigenvalue weighted by molar-refractivity contribution is 0.112. The molecule has 0 amide bonds. The predicted octanol–water partition coefficient (Wildman–Crippen LogP) is 3.71. The molecule has 5 heterocycles. The Morgan fingerprint density at radius 1 is 1.13 bits per heavy atom. The number of aldehydes is 1. The number of morpholine rings is 1. The molecule has 154 valence electrons. The molecule has 31 heavy (non-hydrogen) atoms. The largest absolute Gasteiger partial charge is 0.432 e. The van der Waals surface area contributed by atoms with E-state index in [1.54, 1.807) is 24.4 Å². The van der Waals surface area contributed by atoms with Crippen LogP contribution in [-0.4, -0.2) is 52.5 Å². The summed E-state index contributed by atoms with van der Waals surface area (Å²) in [5.41, 5.74) is 2.80. The number of rotatable bonds is 3. The third-order valence-electron chi connectivity index (χ3n) is 5.53. The van der Waals surface area contributed by atoms with E-state index < -0.39 is 5.82 Å². The van der Waals surface area contributed by atoms with Gasteiger partial charge in [-0.1, -0.05) is 0 Å². The van der Waals surface area contributed by atoms with Crippen LogP contribution in [0.5, 0.6) is 0 Å². The van der Waals surface area contributed by atoms with E-state index in [0.29, 0.717) is 70.8 Å². The quantitative estimate of drug-likeness (QED) is 0.447. The smallest absolute Gasteiger partial charge is 0.229 e. The van der Waals surface area contributed by atoms with Gasteiger partial charge in [0.25, 0.3) is 0 Å². The molecule has 0 unspecified atom stereocenters. The molecule has 4 aromatic heterocycles. The first-order valence-electron chi connectivity index (χ1n) is 9.87. The first-order valence-corrected chi connectivity index (χ1v) is 9.87. The molecule has 8 nitrogen and oxygen atoms in total. The van der Waals surface area contributed by atoms with Gasteiger partial charge < -0.3 is 19.0 Å². The summed E-state index contributed by atoms with van der Waals surface area (Å²) in [6.45, 7) is 2.34. The van der Waals surface area contributed by atoms with Crippen molar-refractivity contribution >= 4 is 45.2 Å². The van der Waals surface area contributed by atoms with Crippen molar-refractivity contribution in [3.8, 4) is 11.4 Å². The van der Waals surface area contributed by atoms with Crippen LogP contribution in [0.25, 0.3) is 44.5 Å². The van der Waals surface area contributed by atoms with Gasteiger partial charge in [0, 0.05) is 41.9 Å². The number of halogens is 1. The van der Waals surface area contributed by atoms with Crippen LogP contribution in [0.1, 0.15) is 10.4 Å². The fourth-order valence-corrected chi connectivity index (χ4v) is 4.03. The Bertz CT molecular complexity index is 1470. The van der Waals surface area contributed by atoms with Gasteiger partial charge in [-0.25, -0.2) is 19.3 Å². The lowest BCUT2D eigenvalue weighted by atomic mass is 10.1. The number of nitrogens with one attached hydrogen (secondary N) is 1. The standard InChI is InChI=1S/C22H16FN5O3/c23-15-1-2-16-13(3-4-24-16)17(15)20-26-18-14-9-12(11-29)10-25-22(14)31-19(18)21(27-20)28-5-7-30-8-6-28/h1-4,9-11,24H,5-8H2. The van der Waals surface area contributed by atoms with Crippen molar-refractivity contribution in [1.29, 1.82) is 0 Å². The van der Waals surface area contributed by atoms with Gasteiger partial charge in [-0.2, -0.15) is 0 Å². The third-order valence-corrected chi connectivity index (χ3v) is 5.53. The molecule has 9 heteroatoms. The fraction of sp³-hybridized carbons (Fsp3) is 0.182. The molecule has 0 bridgehead atoms. The Hall–Kier alpha value is -3.85. The second-order valence-electron chi connectivity index (χ2n) is 7.35. The molecule has 1 aromatic carbocycles. The zero-order valence-electron chi connectivity index (χ0n) is 16.3. The van der Waals surface area contributed by atoms with E-state index in [-0.39, 0.29) is 5.82 Å². The van der Waals surface area contributed by atoms with E-state index in [1.165, 1.54) is 12.3 Å². The number of aromatic nitrogens is 4. The molecule has 1 aliphatic rings. The number of ether oxygens (including phenoxy) is 1. The molecule has 0 saturated carbocycles. The van der Waals surface area contributed by atoms with E-state index >= 15 is 4.39 Å². The van der Waals surface area contributed by atoms with Crippen LogP contribution in [0.4, 0.5) is 10.2 Å². The molecule has 1 aliphatic heterocycles. The van der Waals surface area contributed by atoms with Crippen molar-refractivity contribution in [3.63, 3.8) is 0 Å². The average Bonchev–Trinajstić information content (AvgIpc) is 3.43. The number of carbonyl (C=O) groups is 1. The van der Waals surface area contributed by atoms with Gasteiger partial charge >= 0.3 is 0 Å². The second-order valence-corrected chi connectivity index (χ2v) is 7.35. The number of hydrogen-bond acceptors (Lipinski definition) is 7. The van der Waals surface area contributed by atoms with Gasteiger partial charge in [-0.3, -0.25) is 4.79 Å². The second kappa shape index (κ2) is 6.85. The fourth-order valence-electron chi connectivity index (χ4n) is 4.03. The number of carbonyl (C=O) groups excluding carboxylic acids is 1. The van der Waals surface area contributed by atoms with Gasteiger partial charge in [0.2, 0.25) is 5.71 Å². The molecule has 0 aliphatic carbocycles. The Morgan fingerprint density at radius 2 is 2.00 bits per heavy atom. The number of furan rings is 1. The summed E-state index contributed by atoms with van der Waals surface area (Å²) >= 11 is 0. The minimum Gasteiger partial charge on any atom is -0.432 e. The van der Waals surface area contributed by atoms with Crippen molar-refractivity contribution in [2.45, 2.75) is 0 Å². The molecule has 0 spiro atoms. The van der Waals surface area contributed by atoms with Crippen molar-refractivity contribution < 1.29 is 18.3 Å². The van der Waals surface area contributed by atoms with Gasteiger partial charge in [-0.15, -0.1) is 0 Å². The van der Waals surface area contributed by atoms with Crippen molar-refractivity contribution in [2.24, 2.45) is 0 Å². The zero-order chi connectivity index (χ0) is 20.9. The topological polar surface area (TPSA) is 97.1 Å². The molecule has 5 aromatic rings. The van der Waals surface area contributed by atoms with E-state index in [4.69, 9.17) is 14.1 Å². The normalized spacial score (nSPS) is 14.7. The van der Waals surface area contributed by atoms with Crippen molar-refractivity contribution in [3.05, 3.63) is 48.0 Å². The Kier molecular flexibility index (Phi) is 3.97. The zero-order valence-corrected chi connectivity index (χ0v) is 16.3. The lowest BCUT2D eigenvalue weighted by Gasteiger charge is -2.27. The summed E-state index contributed by atoms with van der Waals surface area (Å²) in [5, 5.41) is 1.27. The van der Waals surface area contributed by atoms with Crippen LogP contribution in [0.2, 0.25) is 0 Å². The molecular formula is C22H16FN5O3. The molecule has 1 fully saturated rings. The van der Waals surface area contributed by atoms with Crippen LogP contribution in [-0.2, 0) is 4.74 Å². The van der Waals surface area contributed by atoms with Crippen LogP contribution in [0.3, 0.4) is 0 Å². The summed E-state index contributed by atoms with van der Waals surface area (Å²) in [6, 6.07) is 6.56. The van der Waals surface area contributed by atoms with E-state index in [2.05, 4.69) is 15.0 Å². The van der Waals surface area contributed by atoms with Gasteiger partial charge in [0.1, 0.15) is 11.3 Å². The maximum absolute atomic E-state index is 15.0. The summed E-state index contributed by atoms with van der Waals surface area (Å²) in [6.07, 6.45) is 3.92. The minimum atomic E-state index is -0.418. The average molecular weight is 417 g/mol. The predicted molar refractivity (Wildman–Crippen MR) is 113 cm³/mol. The van der Waals surface area contributed by atoms with Crippen molar-refractivity contribution in [1.82, 2.24) is 19.9 Å². The number of H-pyrrole nitrogens is 1. The highest BCUT2D eigenvalue weighted by atomic mass is 19.1. The summed E-state index contributed by atoms with van der Waals surface area (Å²) in [4.78, 5) is 30.1. The number of fused-ring (bicyclic) bond motifs is 4. The number of nitrogens with zero attached hydrogens (tertiary/aromatic N) is 4. The molecule has 0 atom stereocenters. The molecule has 6 rings (SSSR count). The monoisotopic (exact) mass is 417 g/mol. The number of benzene rings is 1. The van der Waals surface area contributed by atoms with E-state index in [1.807, 2.05) is 4.90 Å². The highest BCUT2D eigenvalue weighted by molar-refractivity contribution is 6.07. The van der Waals surface area contributed by atoms with Gasteiger partial charge in [0.05, 0.1) is 24.2 Å². The van der Waals surface area contributed by atoms with Crippen LogP contribution >= 0.6 is 0 Å². The number of pyridine rings is 1. The van der Waals surface area contributed by atoms with Crippen LogP contribution in [0.15, 0.2) is 41.1 Å². The van der Waals surface area contributed by atoms with Gasteiger partial charge in [0.15, 0.2) is 23.5 Å². The lowest BCUT2D eigenvalue weighted by Crippen LogP contribution is -2.37. The van der Waals surface area contributed by atoms with Crippen LogP contribution < -0.4 is 4.90 Å². The van der Waals surface area contributed by atoms with Gasteiger partial charge in [-0.05, 0) is 24.3 Å². The van der Waals surface area contributed by atoms with Crippen molar-refractivity contribution in [2.75, 3.05) is 31.2 Å². The maximum atomic E-state index is 15.0. The number of hydrogen-bond donors (Lipinski definition) is 1. The highest BCUT2D eigenvalue weighted by Crippen LogP contribution is 2.37. The Balaban J connectivity index is 1.70. The van der Waals surface area contributed by atoms with Crippen LogP contribution in [0, 0.1) is 5.82 Å². The number of anilines is 1. The Morgan fingerprint density at radius 3 is 2.84 bits per heavy atom. The third kappa shape index (κ3) is 2.77. The molecule has 0 radical (unpaired) electrons. The highest BCUT2D eigenvalue weighted by Gasteiger charge is 2.25. The molecule has 1 saturated heterocycles. The summed E-state index contributed by atoms with van der Waals surface area (Å²) in [7, 11) is 0.